The topological polar surface area (TPSA) is 138 Å². The molecule has 1 rings (SSSR count). The molecule has 4 N–H and O–H groups in total. The number of allylic oxidation sites excluding steroid dienone is 10. The van der Waals surface area contributed by atoms with Crippen LogP contribution in [0.3, 0.4) is 0 Å². The van der Waals surface area contributed by atoms with Crippen molar-refractivity contribution >= 4 is 23.9 Å². The van der Waals surface area contributed by atoms with Crippen LogP contribution in [0.4, 0.5) is 0 Å². The molecule has 0 aliphatic rings. The lowest BCUT2D eigenvalue weighted by molar-refractivity contribution is -0.157. The molecule has 258 valence electrons. The van der Waals surface area contributed by atoms with Crippen molar-refractivity contribution in [2.75, 3.05) is 19.8 Å². The first-order valence-corrected chi connectivity index (χ1v) is 16.8. The standard InChI is InChI=1S/C38H55N3O6/c1-2-3-4-5-6-7-8-9-10-11-12-13-14-15-16-17-18-26-36(44)40-29-20-19-25-35(38(46)47-34(31-42)32-43)41-37(45)27-21-23-33-24-22-28-39-30-33/h3-4,6-7,9-10,12-13,15-16,21-24,28,30,34-35,42-43H,2,5,8,11,14,17-20,25-27,29,31-32H2,1H3,(H,40,44)(H,41,45)/b4-3-,7-6-,10-9-,13-12-,16-15-,23-21+. The number of aliphatic hydroxyl groups excluding tert-OH is 2. The lowest BCUT2D eigenvalue weighted by atomic mass is 10.1. The van der Waals surface area contributed by atoms with Crippen molar-refractivity contribution < 1.29 is 29.3 Å². The Hall–Kier alpha value is -4.08. The predicted molar refractivity (Wildman–Crippen MR) is 189 cm³/mol. The summed E-state index contributed by atoms with van der Waals surface area (Å²) in [5, 5.41) is 24.1. The molecule has 1 atom stereocenters. The van der Waals surface area contributed by atoms with Gasteiger partial charge in [0, 0.05) is 31.8 Å². The highest BCUT2D eigenvalue weighted by Crippen LogP contribution is 2.07. The number of aromatic nitrogens is 1. The van der Waals surface area contributed by atoms with Crippen LogP contribution in [-0.4, -0.2) is 64.9 Å². The van der Waals surface area contributed by atoms with Crippen molar-refractivity contribution in [3.8, 4) is 0 Å². The highest BCUT2D eigenvalue weighted by molar-refractivity contribution is 5.85. The predicted octanol–water partition coefficient (Wildman–Crippen LogP) is 6.07. The van der Waals surface area contributed by atoms with Crippen molar-refractivity contribution in [1.82, 2.24) is 15.6 Å². The molecule has 1 heterocycles. The molecule has 1 aromatic heterocycles. The minimum Gasteiger partial charge on any atom is -0.456 e. The number of esters is 1. The Bertz CT molecular complexity index is 1150. The number of hydrogen-bond acceptors (Lipinski definition) is 7. The van der Waals surface area contributed by atoms with E-state index in [0.717, 1.165) is 50.5 Å². The highest BCUT2D eigenvalue weighted by Gasteiger charge is 2.24. The van der Waals surface area contributed by atoms with Crippen LogP contribution in [0.2, 0.25) is 0 Å². The first-order valence-electron chi connectivity index (χ1n) is 16.8. The van der Waals surface area contributed by atoms with E-state index in [2.05, 4.69) is 83.3 Å². The van der Waals surface area contributed by atoms with Gasteiger partial charge in [-0.3, -0.25) is 14.6 Å². The Balaban J connectivity index is 2.25. The van der Waals surface area contributed by atoms with Crippen LogP contribution in [0.25, 0.3) is 6.08 Å². The Labute approximate surface area is 281 Å². The van der Waals surface area contributed by atoms with E-state index in [9.17, 15) is 24.6 Å². The van der Waals surface area contributed by atoms with E-state index in [4.69, 9.17) is 4.74 Å². The fourth-order valence-corrected chi connectivity index (χ4v) is 4.20. The highest BCUT2D eigenvalue weighted by atomic mass is 16.6. The van der Waals surface area contributed by atoms with Gasteiger partial charge in [0.15, 0.2) is 0 Å². The van der Waals surface area contributed by atoms with Gasteiger partial charge in [0.05, 0.1) is 13.2 Å². The van der Waals surface area contributed by atoms with Gasteiger partial charge in [-0.2, -0.15) is 0 Å². The van der Waals surface area contributed by atoms with Crippen LogP contribution < -0.4 is 10.6 Å². The number of nitrogens with zero attached hydrogens (tertiary/aromatic N) is 1. The first-order chi connectivity index (χ1) is 23.0. The summed E-state index contributed by atoms with van der Waals surface area (Å²) in [5.74, 6) is -1.10. The maximum absolute atomic E-state index is 12.6. The summed E-state index contributed by atoms with van der Waals surface area (Å²) in [6.45, 7) is 1.55. The molecule has 0 aliphatic heterocycles. The Morgan fingerprint density at radius 2 is 1.47 bits per heavy atom. The number of ether oxygens (including phenoxy) is 1. The average Bonchev–Trinajstić information content (AvgIpc) is 3.08. The second-order valence-corrected chi connectivity index (χ2v) is 10.9. The zero-order chi connectivity index (χ0) is 34.2. The molecule has 1 unspecified atom stereocenters. The third kappa shape index (κ3) is 23.9. The first kappa shape index (κ1) is 40.9. The van der Waals surface area contributed by atoms with Crippen molar-refractivity contribution in [2.24, 2.45) is 0 Å². The van der Waals surface area contributed by atoms with Gasteiger partial charge in [-0.25, -0.2) is 4.79 Å². The zero-order valence-electron chi connectivity index (χ0n) is 28.0. The van der Waals surface area contributed by atoms with E-state index in [-0.39, 0.29) is 18.2 Å². The summed E-state index contributed by atoms with van der Waals surface area (Å²) in [6, 6.07) is 2.71. The molecular weight excluding hydrogens is 594 g/mol. The molecular formula is C38H55N3O6. The van der Waals surface area contributed by atoms with Gasteiger partial charge >= 0.3 is 5.97 Å². The second kappa shape index (κ2) is 29.3. The molecule has 0 aromatic carbocycles. The Morgan fingerprint density at radius 3 is 2.06 bits per heavy atom. The molecule has 9 nitrogen and oxygen atoms in total. The summed E-state index contributed by atoms with van der Waals surface area (Å²) in [5.41, 5.74) is 0.848. The van der Waals surface area contributed by atoms with Gasteiger partial charge in [0.2, 0.25) is 11.8 Å². The van der Waals surface area contributed by atoms with Crippen molar-refractivity contribution in [3.05, 3.63) is 96.9 Å². The minimum atomic E-state index is -1.05. The largest absolute Gasteiger partial charge is 0.456 e. The number of unbranched alkanes of at least 4 members (excludes halogenated alkanes) is 2. The molecule has 0 aliphatic carbocycles. The summed E-state index contributed by atoms with van der Waals surface area (Å²) >= 11 is 0. The zero-order valence-corrected chi connectivity index (χ0v) is 28.0. The smallest absolute Gasteiger partial charge is 0.329 e. The number of hydrogen-bond donors (Lipinski definition) is 4. The molecule has 0 saturated heterocycles. The van der Waals surface area contributed by atoms with E-state index in [0.29, 0.717) is 32.2 Å². The number of carbonyl (C=O) groups excluding carboxylic acids is 3. The van der Waals surface area contributed by atoms with Crippen LogP contribution >= 0.6 is 0 Å². The average molecular weight is 650 g/mol. The molecule has 2 amide bonds. The number of amides is 2. The van der Waals surface area contributed by atoms with Crippen molar-refractivity contribution in [3.63, 3.8) is 0 Å². The maximum atomic E-state index is 12.6. The minimum absolute atomic E-state index is 0.0178. The molecule has 9 heteroatoms. The van der Waals surface area contributed by atoms with Gasteiger partial charge in [-0.1, -0.05) is 85.9 Å². The SMILES string of the molecule is CC/C=C\C/C=C\C/C=C\C/C=C\C/C=C\CCCC(=O)NCCCCC(NC(=O)C/C=C/c1cccnc1)C(=O)OC(CO)CO. The normalized spacial score (nSPS) is 12.9. The number of rotatable bonds is 26. The van der Waals surface area contributed by atoms with Gasteiger partial charge in [0.25, 0.3) is 0 Å². The van der Waals surface area contributed by atoms with Crippen molar-refractivity contribution in [2.45, 2.75) is 96.1 Å². The fourth-order valence-electron chi connectivity index (χ4n) is 4.20. The number of aliphatic hydroxyl groups is 2. The molecule has 47 heavy (non-hydrogen) atoms. The number of nitrogens with one attached hydrogen (secondary N) is 2. The lowest BCUT2D eigenvalue weighted by Gasteiger charge is -2.20. The van der Waals surface area contributed by atoms with Crippen LogP contribution in [0, 0.1) is 0 Å². The molecule has 0 spiro atoms. The van der Waals surface area contributed by atoms with Crippen molar-refractivity contribution in [1.29, 1.82) is 0 Å². The van der Waals surface area contributed by atoms with Gasteiger partial charge < -0.3 is 25.6 Å². The molecule has 1 aromatic rings. The summed E-state index contributed by atoms with van der Waals surface area (Å²) in [7, 11) is 0. The van der Waals surface area contributed by atoms with E-state index < -0.39 is 31.3 Å². The summed E-state index contributed by atoms with van der Waals surface area (Å²) in [6.07, 6.45) is 35.7. The third-order valence-corrected chi connectivity index (χ3v) is 6.78. The lowest BCUT2D eigenvalue weighted by Crippen LogP contribution is -2.43. The monoisotopic (exact) mass is 649 g/mol. The maximum Gasteiger partial charge on any atom is 0.329 e. The van der Waals surface area contributed by atoms with Crippen LogP contribution in [0.5, 0.6) is 0 Å². The van der Waals surface area contributed by atoms with Crippen LogP contribution in [0.15, 0.2) is 91.4 Å². The quantitative estimate of drug-likeness (QED) is 0.0543. The Kier molecular flexibility index (Phi) is 25.6. The summed E-state index contributed by atoms with van der Waals surface area (Å²) < 4.78 is 5.14. The number of carbonyl (C=O) groups is 3. The number of pyridine rings is 1. The second-order valence-electron chi connectivity index (χ2n) is 10.9. The van der Waals surface area contributed by atoms with Gasteiger partial charge in [0.1, 0.15) is 12.1 Å². The van der Waals surface area contributed by atoms with Crippen LogP contribution in [0.1, 0.15) is 89.5 Å². The molecule has 0 fully saturated rings. The molecule has 0 saturated carbocycles. The molecule has 0 radical (unpaired) electrons. The molecule has 0 bridgehead atoms. The van der Waals surface area contributed by atoms with Gasteiger partial charge in [-0.05, 0) is 75.8 Å². The van der Waals surface area contributed by atoms with E-state index in [1.165, 1.54) is 0 Å². The summed E-state index contributed by atoms with van der Waals surface area (Å²) in [4.78, 5) is 41.3. The van der Waals surface area contributed by atoms with Gasteiger partial charge in [-0.15, -0.1) is 0 Å². The van der Waals surface area contributed by atoms with Crippen LogP contribution in [-0.2, 0) is 19.1 Å². The third-order valence-electron chi connectivity index (χ3n) is 6.78. The van der Waals surface area contributed by atoms with E-state index in [1.807, 2.05) is 6.07 Å². The Morgan fingerprint density at radius 1 is 0.830 bits per heavy atom. The van der Waals surface area contributed by atoms with E-state index >= 15 is 0 Å². The fraction of sp³-hybridized carbons (Fsp3) is 0.474. The van der Waals surface area contributed by atoms with E-state index in [1.54, 1.807) is 30.6 Å².